The van der Waals surface area contributed by atoms with Gasteiger partial charge in [-0.3, -0.25) is 9.36 Å². The zero-order valence-corrected chi connectivity index (χ0v) is 12.4. The van der Waals surface area contributed by atoms with Crippen molar-refractivity contribution in [3.63, 3.8) is 0 Å². The number of ether oxygens (including phenoxy) is 1. The van der Waals surface area contributed by atoms with Crippen molar-refractivity contribution in [2.24, 2.45) is 0 Å². The molecule has 0 atom stereocenters. The van der Waals surface area contributed by atoms with E-state index in [1.165, 1.54) is 0 Å². The Kier molecular flexibility index (Phi) is 3.93. The average Bonchev–Trinajstić information content (AvgIpc) is 2.85. The van der Waals surface area contributed by atoms with Gasteiger partial charge in [0.05, 0.1) is 5.56 Å². The summed E-state index contributed by atoms with van der Waals surface area (Å²) in [5, 5.41) is 0. The molecular weight excluding hydrogens is 252 g/mol. The SMILES string of the molecule is CCc1nccn1C(=O)c1ccccc1OC(C)(C)C. The van der Waals surface area contributed by atoms with E-state index in [4.69, 9.17) is 4.74 Å². The van der Waals surface area contributed by atoms with Gasteiger partial charge in [-0.05, 0) is 32.9 Å². The molecule has 4 nitrogen and oxygen atoms in total. The number of carbonyl (C=O) groups excluding carboxylic acids is 1. The van der Waals surface area contributed by atoms with Gasteiger partial charge in [0, 0.05) is 18.8 Å². The van der Waals surface area contributed by atoms with Crippen LogP contribution in [0.2, 0.25) is 0 Å². The molecule has 0 aliphatic rings. The highest BCUT2D eigenvalue weighted by molar-refractivity contribution is 5.98. The van der Waals surface area contributed by atoms with Crippen molar-refractivity contribution in [1.29, 1.82) is 0 Å². The van der Waals surface area contributed by atoms with Crippen LogP contribution < -0.4 is 4.74 Å². The van der Waals surface area contributed by atoms with Gasteiger partial charge in [0.2, 0.25) is 0 Å². The summed E-state index contributed by atoms with van der Waals surface area (Å²) in [6.45, 7) is 7.86. The zero-order valence-electron chi connectivity index (χ0n) is 12.4. The normalized spacial score (nSPS) is 11.4. The van der Waals surface area contributed by atoms with Crippen molar-refractivity contribution >= 4 is 5.91 Å². The number of benzene rings is 1. The minimum Gasteiger partial charge on any atom is -0.487 e. The molecule has 1 heterocycles. The number of hydrogen-bond donors (Lipinski definition) is 0. The Labute approximate surface area is 119 Å². The molecule has 0 saturated carbocycles. The van der Waals surface area contributed by atoms with Crippen molar-refractivity contribution in [3.8, 4) is 5.75 Å². The van der Waals surface area contributed by atoms with Crippen LogP contribution in [0.25, 0.3) is 0 Å². The molecule has 0 aliphatic heterocycles. The van der Waals surface area contributed by atoms with Crippen LogP contribution in [-0.4, -0.2) is 21.1 Å². The summed E-state index contributed by atoms with van der Waals surface area (Å²) in [6, 6.07) is 7.31. The van der Waals surface area contributed by atoms with Gasteiger partial charge in [-0.15, -0.1) is 0 Å². The molecule has 0 radical (unpaired) electrons. The summed E-state index contributed by atoms with van der Waals surface area (Å²) >= 11 is 0. The number of carbonyl (C=O) groups is 1. The van der Waals surface area contributed by atoms with E-state index in [-0.39, 0.29) is 11.5 Å². The monoisotopic (exact) mass is 272 g/mol. The summed E-state index contributed by atoms with van der Waals surface area (Å²) < 4.78 is 7.45. The van der Waals surface area contributed by atoms with Gasteiger partial charge in [-0.2, -0.15) is 0 Å². The second-order valence-corrected chi connectivity index (χ2v) is 5.58. The Balaban J connectivity index is 2.40. The predicted molar refractivity (Wildman–Crippen MR) is 78.2 cm³/mol. The Bertz CT molecular complexity index is 609. The Morgan fingerprint density at radius 1 is 1.30 bits per heavy atom. The lowest BCUT2D eigenvalue weighted by atomic mass is 10.1. The number of rotatable bonds is 3. The van der Waals surface area contributed by atoms with Crippen molar-refractivity contribution < 1.29 is 9.53 Å². The minimum absolute atomic E-state index is 0.112. The van der Waals surface area contributed by atoms with E-state index >= 15 is 0 Å². The molecule has 0 saturated heterocycles. The molecule has 0 bridgehead atoms. The number of imidazole rings is 1. The molecule has 4 heteroatoms. The van der Waals surface area contributed by atoms with Gasteiger partial charge in [0.25, 0.3) is 5.91 Å². The lowest BCUT2D eigenvalue weighted by Crippen LogP contribution is -2.25. The molecule has 106 valence electrons. The third-order valence-electron chi connectivity index (χ3n) is 2.79. The van der Waals surface area contributed by atoms with Gasteiger partial charge < -0.3 is 4.74 Å². The number of nitrogens with zero attached hydrogens (tertiary/aromatic N) is 2. The molecule has 0 aliphatic carbocycles. The van der Waals surface area contributed by atoms with Crippen molar-refractivity contribution in [2.75, 3.05) is 0 Å². The third kappa shape index (κ3) is 3.07. The zero-order chi connectivity index (χ0) is 14.8. The van der Waals surface area contributed by atoms with Crippen LogP contribution in [-0.2, 0) is 6.42 Å². The average molecular weight is 272 g/mol. The van der Waals surface area contributed by atoms with E-state index in [9.17, 15) is 4.79 Å². The summed E-state index contributed by atoms with van der Waals surface area (Å²) in [5.74, 6) is 1.24. The van der Waals surface area contributed by atoms with Gasteiger partial charge in [-0.25, -0.2) is 4.98 Å². The van der Waals surface area contributed by atoms with Crippen molar-refractivity contribution in [1.82, 2.24) is 9.55 Å². The second-order valence-electron chi connectivity index (χ2n) is 5.58. The topological polar surface area (TPSA) is 44.1 Å². The van der Waals surface area contributed by atoms with Crippen LogP contribution >= 0.6 is 0 Å². The second kappa shape index (κ2) is 5.49. The molecular formula is C16H20N2O2. The van der Waals surface area contributed by atoms with Crippen LogP contribution in [0.1, 0.15) is 43.9 Å². The highest BCUT2D eigenvalue weighted by Crippen LogP contribution is 2.24. The van der Waals surface area contributed by atoms with E-state index in [1.807, 2.05) is 45.9 Å². The summed E-state index contributed by atoms with van der Waals surface area (Å²) in [6.07, 6.45) is 4.04. The molecule has 20 heavy (non-hydrogen) atoms. The molecule has 2 aromatic rings. The Morgan fingerprint density at radius 2 is 2.00 bits per heavy atom. The number of hydrogen-bond acceptors (Lipinski definition) is 3. The molecule has 1 aromatic carbocycles. The Morgan fingerprint density at radius 3 is 2.65 bits per heavy atom. The first-order valence-corrected chi connectivity index (χ1v) is 6.77. The fourth-order valence-electron chi connectivity index (χ4n) is 1.97. The fourth-order valence-corrected chi connectivity index (χ4v) is 1.97. The number of para-hydroxylation sites is 1. The first kappa shape index (κ1) is 14.3. The van der Waals surface area contributed by atoms with Crippen molar-refractivity contribution in [2.45, 2.75) is 39.7 Å². The van der Waals surface area contributed by atoms with E-state index in [0.29, 0.717) is 17.7 Å². The first-order valence-electron chi connectivity index (χ1n) is 6.77. The van der Waals surface area contributed by atoms with Crippen molar-refractivity contribution in [3.05, 3.63) is 48.0 Å². The predicted octanol–water partition coefficient (Wildman–Crippen LogP) is 3.31. The summed E-state index contributed by atoms with van der Waals surface area (Å²) in [5.41, 5.74) is 0.203. The van der Waals surface area contributed by atoms with E-state index in [2.05, 4.69) is 4.98 Å². The number of aryl methyl sites for hydroxylation is 1. The first-order chi connectivity index (χ1) is 9.42. The number of aromatic nitrogens is 2. The maximum absolute atomic E-state index is 12.6. The maximum Gasteiger partial charge on any atom is 0.267 e. The summed E-state index contributed by atoms with van der Waals surface area (Å²) in [4.78, 5) is 16.8. The van der Waals surface area contributed by atoms with Crippen LogP contribution in [0, 0.1) is 0 Å². The fraction of sp³-hybridized carbons (Fsp3) is 0.375. The standard InChI is InChI=1S/C16H20N2O2/c1-5-14-17-10-11-18(14)15(19)12-8-6-7-9-13(12)20-16(2,3)4/h6-11H,5H2,1-4H3. The molecule has 0 fully saturated rings. The third-order valence-corrected chi connectivity index (χ3v) is 2.79. The molecule has 0 spiro atoms. The Hall–Kier alpha value is -2.10. The van der Waals surface area contributed by atoms with Gasteiger partial charge >= 0.3 is 0 Å². The molecule has 2 rings (SSSR count). The molecule has 0 amide bonds. The molecule has 0 unspecified atom stereocenters. The minimum atomic E-state index is -0.348. The quantitative estimate of drug-likeness (QED) is 0.861. The highest BCUT2D eigenvalue weighted by Gasteiger charge is 2.20. The van der Waals surface area contributed by atoms with E-state index in [1.54, 1.807) is 23.0 Å². The van der Waals surface area contributed by atoms with Crippen LogP contribution in [0.3, 0.4) is 0 Å². The van der Waals surface area contributed by atoms with Crippen LogP contribution in [0.5, 0.6) is 5.75 Å². The molecule has 1 aromatic heterocycles. The van der Waals surface area contributed by atoms with E-state index < -0.39 is 0 Å². The van der Waals surface area contributed by atoms with E-state index in [0.717, 1.165) is 5.82 Å². The van der Waals surface area contributed by atoms with Gasteiger partial charge in [0.15, 0.2) is 0 Å². The van der Waals surface area contributed by atoms with Crippen LogP contribution in [0.15, 0.2) is 36.7 Å². The molecule has 0 N–H and O–H groups in total. The maximum atomic E-state index is 12.6. The highest BCUT2D eigenvalue weighted by atomic mass is 16.5. The summed E-state index contributed by atoms with van der Waals surface area (Å²) in [7, 11) is 0. The lowest BCUT2D eigenvalue weighted by molar-refractivity contribution is 0.0936. The largest absolute Gasteiger partial charge is 0.487 e. The van der Waals surface area contributed by atoms with Crippen LogP contribution in [0.4, 0.5) is 0 Å². The lowest BCUT2D eigenvalue weighted by Gasteiger charge is -2.23. The van der Waals surface area contributed by atoms with Gasteiger partial charge in [0.1, 0.15) is 17.2 Å². The van der Waals surface area contributed by atoms with Gasteiger partial charge in [-0.1, -0.05) is 19.1 Å². The smallest absolute Gasteiger partial charge is 0.267 e.